The predicted molar refractivity (Wildman–Crippen MR) is 86.0 cm³/mol. The molecule has 2 rings (SSSR count). The van der Waals surface area contributed by atoms with Crippen molar-refractivity contribution in [1.82, 2.24) is 15.1 Å². The van der Waals surface area contributed by atoms with Crippen molar-refractivity contribution in [3.8, 4) is 0 Å². The molecule has 2 fully saturated rings. The number of piperazine rings is 1. The minimum Gasteiger partial charge on any atom is -0.378 e. The molecule has 1 atom stereocenters. The third-order valence-corrected chi connectivity index (χ3v) is 4.54. The molecule has 0 unspecified atom stereocenters. The zero-order valence-electron chi connectivity index (χ0n) is 12.4. The molecule has 2 aliphatic heterocycles. The van der Waals surface area contributed by atoms with Gasteiger partial charge in [-0.15, -0.1) is 24.2 Å². The molecular formula is C13H24ClN3O3S. The first kappa shape index (κ1) is 18.5. The fourth-order valence-corrected chi connectivity index (χ4v) is 3.22. The Morgan fingerprint density at radius 2 is 1.86 bits per heavy atom. The van der Waals surface area contributed by atoms with Crippen LogP contribution in [0.2, 0.25) is 0 Å². The highest BCUT2D eigenvalue weighted by atomic mass is 35.5. The van der Waals surface area contributed by atoms with Gasteiger partial charge in [0.05, 0.1) is 24.7 Å². The lowest BCUT2D eigenvalue weighted by Gasteiger charge is -2.34. The molecule has 0 spiro atoms. The van der Waals surface area contributed by atoms with E-state index in [1.54, 1.807) is 0 Å². The van der Waals surface area contributed by atoms with Crippen molar-refractivity contribution in [2.45, 2.75) is 13.0 Å². The van der Waals surface area contributed by atoms with Gasteiger partial charge in [0.15, 0.2) is 0 Å². The van der Waals surface area contributed by atoms with E-state index in [0.29, 0.717) is 37.8 Å². The summed E-state index contributed by atoms with van der Waals surface area (Å²) in [5.41, 5.74) is 0. The lowest BCUT2D eigenvalue weighted by atomic mass is 10.2. The zero-order chi connectivity index (χ0) is 14.4. The molecule has 2 heterocycles. The van der Waals surface area contributed by atoms with Crippen molar-refractivity contribution in [3.63, 3.8) is 0 Å². The van der Waals surface area contributed by atoms with E-state index in [9.17, 15) is 9.59 Å². The van der Waals surface area contributed by atoms with E-state index in [4.69, 9.17) is 4.74 Å². The normalized spacial score (nSPS) is 22.6. The van der Waals surface area contributed by atoms with E-state index in [1.807, 2.05) is 16.7 Å². The number of halogens is 1. The number of nitrogens with zero attached hydrogens (tertiary/aromatic N) is 2. The van der Waals surface area contributed by atoms with E-state index in [1.165, 1.54) is 11.8 Å². The number of rotatable bonds is 4. The van der Waals surface area contributed by atoms with Gasteiger partial charge in [0, 0.05) is 38.8 Å². The van der Waals surface area contributed by atoms with Gasteiger partial charge in [0.25, 0.3) is 0 Å². The quantitative estimate of drug-likeness (QED) is 0.771. The van der Waals surface area contributed by atoms with Crippen molar-refractivity contribution in [2.24, 2.45) is 0 Å². The maximum atomic E-state index is 12.1. The van der Waals surface area contributed by atoms with Crippen molar-refractivity contribution in [1.29, 1.82) is 0 Å². The Hall–Kier alpha value is -0.500. The highest BCUT2D eigenvalue weighted by molar-refractivity contribution is 8.00. The van der Waals surface area contributed by atoms with Gasteiger partial charge in [-0.1, -0.05) is 0 Å². The molecule has 0 radical (unpaired) electrons. The summed E-state index contributed by atoms with van der Waals surface area (Å²) in [4.78, 5) is 27.8. The number of nitrogens with one attached hydrogen (secondary N) is 1. The summed E-state index contributed by atoms with van der Waals surface area (Å²) in [6.07, 6.45) is 0. The van der Waals surface area contributed by atoms with E-state index in [2.05, 4.69) is 5.32 Å². The summed E-state index contributed by atoms with van der Waals surface area (Å²) in [6, 6.07) is 0.242. The Morgan fingerprint density at radius 3 is 2.52 bits per heavy atom. The summed E-state index contributed by atoms with van der Waals surface area (Å²) in [7, 11) is 0. The molecule has 0 aromatic heterocycles. The lowest BCUT2D eigenvalue weighted by Crippen LogP contribution is -2.52. The summed E-state index contributed by atoms with van der Waals surface area (Å²) in [5, 5.41) is 3.26. The molecule has 0 bridgehead atoms. The monoisotopic (exact) mass is 337 g/mol. The topological polar surface area (TPSA) is 61.9 Å². The van der Waals surface area contributed by atoms with Crippen LogP contribution >= 0.6 is 24.2 Å². The average molecular weight is 338 g/mol. The van der Waals surface area contributed by atoms with E-state index in [0.717, 1.165) is 19.6 Å². The second kappa shape index (κ2) is 9.50. The standard InChI is InChI=1S/C13H23N3O3S.ClH/c1-11-8-14-2-3-16(11)13(18)10-20-9-12(17)15-4-6-19-7-5-15;/h11,14H,2-10H2,1H3;1H/t11-;/m0./s1. The van der Waals surface area contributed by atoms with Crippen LogP contribution in [0.3, 0.4) is 0 Å². The first-order chi connectivity index (χ1) is 9.68. The Morgan fingerprint density at radius 1 is 1.19 bits per heavy atom. The molecule has 1 N–H and O–H groups in total. The van der Waals surface area contributed by atoms with Crippen LogP contribution in [0.4, 0.5) is 0 Å². The third kappa shape index (κ3) is 5.65. The molecule has 122 valence electrons. The minimum absolute atomic E-state index is 0. The van der Waals surface area contributed by atoms with Gasteiger partial charge < -0.3 is 19.9 Å². The maximum Gasteiger partial charge on any atom is 0.232 e. The molecular weight excluding hydrogens is 314 g/mol. The smallest absolute Gasteiger partial charge is 0.232 e. The molecule has 0 aliphatic carbocycles. The van der Waals surface area contributed by atoms with Crippen molar-refractivity contribution in [3.05, 3.63) is 0 Å². The number of carbonyl (C=O) groups is 2. The zero-order valence-corrected chi connectivity index (χ0v) is 14.0. The summed E-state index contributed by atoms with van der Waals surface area (Å²) < 4.78 is 5.22. The van der Waals surface area contributed by atoms with Crippen LogP contribution < -0.4 is 5.32 Å². The summed E-state index contributed by atoms with van der Waals surface area (Å²) in [6.45, 7) is 7.09. The number of morpholine rings is 1. The van der Waals surface area contributed by atoms with Crippen molar-refractivity contribution < 1.29 is 14.3 Å². The number of amides is 2. The second-order valence-corrected chi connectivity index (χ2v) is 6.11. The number of hydrogen-bond acceptors (Lipinski definition) is 5. The first-order valence-corrected chi connectivity index (χ1v) is 8.27. The largest absolute Gasteiger partial charge is 0.378 e. The van der Waals surface area contributed by atoms with Gasteiger partial charge in [-0.25, -0.2) is 0 Å². The van der Waals surface area contributed by atoms with Gasteiger partial charge in [-0.3, -0.25) is 9.59 Å². The van der Waals surface area contributed by atoms with E-state index >= 15 is 0 Å². The Labute approximate surface area is 136 Å². The molecule has 21 heavy (non-hydrogen) atoms. The lowest BCUT2D eigenvalue weighted by molar-refractivity contribution is -0.132. The Balaban J connectivity index is 0.00000220. The molecule has 6 nitrogen and oxygen atoms in total. The fourth-order valence-electron chi connectivity index (χ4n) is 2.42. The molecule has 2 saturated heterocycles. The number of hydrogen-bond donors (Lipinski definition) is 1. The van der Waals surface area contributed by atoms with Crippen LogP contribution in [-0.4, -0.2) is 85.1 Å². The number of ether oxygens (including phenoxy) is 1. The Kier molecular flexibility index (Phi) is 8.39. The summed E-state index contributed by atoms with van der Waals surface area (Å²) in [5.74, 6) is 1.02. The van der Waals surface area contributed by atoms with Crippen molar-refractivity contribution in [2.75, 3.05) is 57.4 Å². The Bertz CT molecular complexity index is 354. The van der Waals surface area contributed by atoms with Crippen LogP contribution in [-0.2, 0) is 14.3 Å². The first-order valence-electron chi connectivity index (χ1n) is 7.12. The van der Waals surface area contributed by atoms with Crippen LogP contribution in [0.15, 0.2) is 0 Å². The predicted octanol–water partition coefficient (Wildman–Crippen LogP) is -0.179. The second-order valence-electron chi connectivity index (χ2n) is 5.13. The minimum atomic E-state index is 0. The van der Waals surface area contributed by atoms with E-state index in [-0.39, 0.29) is 30.3 Å². The van der Waals surface area contributed by atoms with Crippen LogP contribution in [0.25, 0.3) is 0 Å². The van der Waals surface area contributed by atoms with Crippen LogP contribution in [0, 0.1) is 0 Å². The van der Waals surface area contributed by atoms with Crippen molar-refractivity contribution >= 4 is 36.0 Å². The van der Waals surface area contributed by atoms with Crippen LogP contribution in [0.1, 0.15) is 6.92 Å². The van der Waals surface area contributed by atoms with Gasteiger partial charge >= 0.3 is 0 Å². The highest BCUT2D eigenvalue weighted by Crippen LogP contribution is 2.09. The molecule has 2 amide bonds. The molecule has 8 heteroatoms. The SMILES string of the molecule is C[C@H]1CNCCN1C(=O)CSCC(=O)N1CCOCC1.Cl. The third-order valence-electron chi connectivity index (χ3n) is 3.64. The van der Waals surface area contributed by atoms with Gasteiger partial charge in [-0.05, 0) is 6.92 Å². The van der Waals surface area contributed by atoms with Gasteiger partial charge in [0.2, 0.25) is 11.8 Å². The molecule has 0 aromatic carbocycles. The summed E-state index contributed by atoms with van der Waals surface area (Å²) >= 11 is 1.42. The maximum absolute atomic E-state index is 12.1. The number of thioether (sulfide) groups is 1. The highest BCUT2D eigenvalue weighted by Gasteiger charge is 2.23. The molecule has 2 aliphatic rings. The van der Waals surface area contributed by atoms with Crippen LogP contribution in [0.5, 0.6) is 0 Å². The average Bonchev–Trinajstić information content (AvgIpc) is 2.48. The van der Waals surface area contributed by atoms with Gasteiger partial charge in [-0.2, -0.15) is 0 Å². The molecule has 0 saturated carbocycles. The number of carbonyl (C=O) groups excluding carboxylic acids is 2. The van der Waals surface area contributed by atoms with Gasteiger partial charge in [0.1, 0.15) is 0 Å². The molecule has 0 aromatic rings. The fraction of sp³-hybridized carbons (Fsp3) is 0.846. The van der Waals surface area contributed by atoms with E-state index < -0.39 is 0 Å².